The number of phenolic OH excluding ortho intramolecular Hbond substituents is 1. The number of benzene rings is 1. The lowest BCUT2D eigenvalue weighted by molar-refractivity contribution is -0.138. The van der Waals surface area contributed by atoms with E-state index in [0.29, 0.717) is 5.56 Å². The highest BCUT2D eigenvalue weighted by molar-refractivity contribution is 5.73. The molecule has 1 unspecified atom stereocenters. The van der Waals surface area contributed by atoms with Crippen LogP contribution in [-0.2, 0) is 11.2 Å². The van der Waals surface area contributed by atoms with E-state index in [1.807, 2.05) is 0 Å². The van der Waals surface area contributed by atoms with E-state index in [0.717, 1.165) is 0 Å². The van der Waals surface area contributed by atoms with Crippen molar-refractivity contribution in [2.75, 3.05) is 0 Å². The molecular weight excluding hydrogens is 175 g/mol. The van der Waals surface area contributed by atoms with Crippen LogP contribution in [0.1, 0.15) is 6.93 Å². The third-order valence-electron chi connectivity index (χ3n) is 1.55. The maximum absolute atomic E-state index is 10.5. The monoisotopic (exact) mass is 187 g/mol. The van der Waals surface area contributed by atoms with Gasteiger partial charge in [-0.2, -0.15) is 0 Å². The first-order valence-corrected chi connectivity index (χ1v) is 3.72. The van der Waals surface area contributed by atoms with Crippen LogP contribution in [0, 0.1) is 0 Å². The zero-order valence-electron chi connectivity index (χ0n) is 7.84. The number of phenols is 1. The molecule has 13 heavy (non-hydrogen) atoms. The Morgan fingerprint density at radius 3 is 2.54 bits per heavy atom. The van der Waals surface area contributed by atoms with Crippen LogP contribution in [0.5, 0.6) is 5.75 Å². The molecule has 0 fully saturated rings. The van der Waals surface area contributed by atoms with Crippen molar-refractivity contribution in [3.05, 3.63) is 29.8 Å². The number of hydrogen-bond acceptors (Lipinski definition) is 3. The lowest BCUT2D eigenvalue weighted by Gasteiger charge is -2.05. The molecule has 0 amide bonds. The highest BCUT2D eigenvalue weighted by atomic mass is 16.4. The SMILES string of the molecule is [2H][13CH](c1[13cH]c[13c](O)c[13cH]1)[C@H]([15NH2])C(=O)O. The Morgan fingerprint density at radius 1 is 1.54 bits per heavy atom. The topological polar surface area (TPSA) is 83.5 Å². The fourth-order valence-electron chi connectivity index (χ4n) is 0.864. The standard InChI is InChI=1S/C9H11NO3/c10-8(9(12)13)5-6-1-3-7(11)4-2-6/h1-4,8,11H,5,10H2,(H,12,13)/t8-/m0/s1/i1+1,2+1,5+1D,7+1,10+1/t5?,8-. The fourth-order valence-corrected chi connectivity index (χ4v) is 0.864. The number of rotatable bonds is 3. The summed E-state index contributed by atoms with van der Waals surface area (Å²) >= 11 is 0. The van der Waals surface area contributed by atoms with Crippen molar-refractivity contribution < 1.29 is 16.4 Å². The molecule has 0 bridgehead atoms. The average molecular weight is 187 g/mol. The second-order valence-corrected chi connectivity index (χ2v) is 2.62. The Balaban J connectivity index is 2.84. The second-order valence-electron chi connectivity index (χ2n) is 2.62. The molecule has 4 nitrogen and oxygen atoms in total. The highest BCUT2D eigenvalue weighted by Crippen LogP contribution is 2.10. The summed E-state index contributed by atoms with van der Waals surface area (Å²) in [6, 6.07) is 4.50. The molecule has 0 aliphatic rings. The molecule has 70 valence electrons. The number of hydrogen-bond donors (Lipinski definition) is 3. The lowest BCUT2D eigenvalue weighted by atomic mass is 10.4. The summed E-state index contributed by atoms with van der Waals surface area (Å²) < 4.78 is 7.53. The van der Waals surface area contributed by atoms with Crippen molar-refractivity contribution >= 4 is 5.97 Å². The largest absolute Gasteiger partial charge is 0.508 e. The smallest absolute Gasteiger partial charge is 0.320 e. The molecule has 1 aromatic rings. The minimum atomic E-state index is -1.25. The van der Waals surface area contributed by atoms with E-state index in [1.165, 1.54) is 24.3 Å². The number of carboxylic acids is 1. The lowest BCUT2D eigenvalue weighted by Crippen LogP contribution is -2.32. The van der Waals surface area contributed by atoms with Gasteiger partial charge in [0.25, 0.3) is 0 Å². The predicted octanol–water partition coefficient (Wildman–Crippen LogP) is 0.347. The molecule has 1 aromatic carbocycles. The normalized spacial score (nSPS) is 15.9. The van der Waals surface area contributed by atoms with Crippen LogP contribution in [0.2, 0.25) is 0 Å². The maximum Gasteiger partial charge on any atom is 0.320 e. The second kappa shape index (κ2) is 3.91. The summed E-state index contributed by atoms with van der Waals surface area (Å²) in [5.74, 6) is -1.14. The summed E-state index contributed by atoms with van der Waals surface area (Å²) in [6.45, 7) is 0. The van der Waals surface area contributed by atoms with Crippen LogP contribution in [0.3, 0.4) is 0 Å². The molecule has 0 radical (unpaired) electrons. The van der Waals surface area contributed by atoms with Crippen LogP contribution in [0.4, 0.5) is 0 Å². The van der Waals surface area contributed by atoms with E-state index in [2.05, 4.69) is 0 Å². The van der Waals surface area contributed by atoms with E-state index < -0.39 is 18.4 Å². The Hall–Kier alpha value is -1.55. The van der Waals surface area contributed by atoms with Crippen LogP contribution in [-0.4, -0.2) is 22.2 Å². The van der Waals surface area contributed by atoms with E-state index in [-0.39, 0.29) is 5.75 Å². The molecule has 2 atom stereocenters. The third kappa shape index (κ3) is 2.76. The van der Waals surface area contributed by atoms with Crippen molar-refractivity contribution in [3.63, 3.8) is 0 Å². The molecule has 0 aliphatic heterocycles. The van der Waals surface area contributed by atoms with Gasteiger partial charge in [0.05, 0.1) is 0 Å². The van der Waals surface area contributed by atoms with Crippen molar-refractivity contribution in [1.29, 1.82) is 0 Å². The van der Waals surface area contributed by atoms with Crippen LogP contribution < -0.4 is 5.73 Å². The minimum absolute atomic E-state index is 0.0739. The average Bonchev–Trinajstić information content (AvgIpc) is 2.16. The molecule has 0 heterocycles. The summed E-state index contributed by atoms with van der Waals surface area (Å²) in [6.07, 6.45) is -1.02. The first-order chi connectivity index (χ1) is 6.52. The van der Waals surface area contributed by atoms with Crippen molar-refractivity contribution in [2.24, 2.45) is 5.73 Å². The number of aromatic hydroxyl groups is 1. The summed E-state index contributed by atoms with van der Waals surface area (Å²) in [5, 5.41) is 17.6. The van der Waals surface area contributed by atoms with Gasteiger partial charge in [-0.3, -0.25) is 4.79 Å². The van der Waals surface area contributed by atoms with Crippen LogP contribution in [0.15, 0.2) is 24.3 Å². The first-order valence-electron chi connectivity index (χ1n) is 4.29. The number of carboxylic acid groups (broad SMARTS) is 1. The van der Waals surface area contributed by atoms with E-state index in [4.69, 9.17) is 17.3 Å². The molecule has 0 saturated heterocycles. The van der Waals surface area contributed by atoms with Crippen LogP contribution in [0.25, 0.3) is 0 Å². The van der Waals surface area contributed by atoms with Gasteiger partial charge in [0.1, 0.15) is 11.8 Å². The van der Waals surface area contributed by atoms with E-state index >= 15 is 0 Å². The molecule has 0 spiro atoms. The van der Waals surface area contributed by atoms with Gasteiger partial charge >= 0.3 is 5.97 Å². The van der Waals surface area contributed by atoms with Gasteiger partial charge in [-0.1, -0.05) is 12.1 Å². The first kappa shape index (κ1) is 8.07. The fraction of sp³-hybridized carbons (Fsp3) is 0.222. The maximum atomic E-state index is 10.5. The molecule has 1 rings (SSSR count). The van der Waals surface area contributed by atoms with Gasteiger partial charge in [-0.15, -0.1) is 0 Å². The number of aliphatic carboxylic acids is 1. The third-order valence-corrected chi connectivity index (χ3v) is 1.55. The molecule has 4 heteroatoms. The van der Waals surface area contributed by atoms with Gasteiger partial charge in [0.15, 0.2) is 0 Å². The van der Waals surface area contributed by atoms with Gasteiger partial charge in [0.2, 0.25) is 0 Å². The molecule has 0 saturated carbocycles. The predicted molar refractivity (Wildman–Crippen MR) is 47.4 cm³/mol. The molecule has 0 aliphatic carbocycles. The van der Waals surface area contributed by atoms with Gasteiger partial charge < -0.3 is 15.9 Å². The Morgan fingerprint density at radius 2 is 2.08 bits per heavy atom. The zero-order valence-corrected chi connectivity index (χ0v) is 6.84. The quantitative estimate of drug-likeness (QED) is 0.470. The van der Waals surface area contributed by atoms with Crippen molar-refractivity contribution in [3.8, 4) is 5.75 Å². The number of nitrogens with two attached hydrogens (primary N) is 1. The van der Waals surface area contributed by atoms with Gasteiger partial charge in [-0.25, -0.2) is 0 Å². The van der Waals surface area contributed by atoms with Crippen LogP contribution >= 0.6 is 0 Å². The summed E-state index contributed by atoms with van der Waals surface area (Å²) in [7, 11) is 0. The Bertz CT molecular complexity index is 325. The zero-order chi connectivity index (χ0) is 10.7. The van der Waals surface area contributed by atoms with Gasteiger partial charge in [0, 0.05) is 1.37 Å². The van der Waals surface area contributed by atoms with E-state index in [9.17, 15) is 4.79 Å². The van der Waals surface area contributed by atoms with E-state index in [1.54, 1.807) is 0 Å². The van der Waals surface area contributed by atoms with Crippen molar-refractivity contribution in [2.45, 2.75) is 12.4 Å². The van der Waals surface area contributed by atoms with Crippen molar-refractivity contribution in [1.82, 2.24) is 0 Å². The number of carbonyl (C=O) groups is 1. The Labute approximate surface area is 77.0 Å². The summed E-state index contributed by atoms with van der Waals surface area (Å²) in [4.78, 5) is 10.5. The highest BCUT2D eigenvalue weighted by Gasteiger charge is 2.11. The molecular formula is C9H11NO3. The van der Waals surface area contributed by atoms with Gasteiger partial charge in [-0.05, 0) is 24.1 Å². The molecule has 0 aromatic heterocycles. The molecule has 4 N–H and O–H groups in total. The Kier molecular flexibility index (Phi) is 2.43. The summed E-state index contributed by atoms with van der Waals surface area (Å²) in [5.41, 5.74) is 5.75. The minimum Gasteiger partial charge on any atom is -0.508 e.